The van der Waals surface area contributed by atoms with Crippen LogP contribution in [-0.2, 0) is 9.59 Å². The summed E-state index contributed by atoms with van der Waals surface area (Å²) in [4.78, 5) is 28.0. The molecule has 0 spiro atoms. The molecule has 0 radical (unpaired) electrons. The van der Waals surface area contributed by atoms with Crippen molar-refractivity contribution in [2.75, 3.05) is 10.6 Å². The van der Waals surface area contributed by atoms with Crippen LogP contribution in [0.2, 0.25) is 0 Å². The van der Waals surface area contributed by atoms with Gasteiger partial charge < -0.3 is 10.6 Å². The highest BCUT2D eigenvalue weighted by Gasteiger charge is 2.25. The van der Waals surface area contributed by atoms with Crippen LogP contribution < -0.4 is 16.0 Å². The number of carbonyl (C=O) groups excluding carboxylic acids is 2. The van der Waals surface area contributed by atoms with Crippen LogP contribution in [0.4, 0.5) is 11.6 Å². The van der Waals surface area contributed by atoms with Crippen LogP contribution in [0.1, 0.15) is 43.5 Å². The number of carbonyl (C=O) groups is 2. The number of anilines is 2. The van der Waals surface area contributed by atoms with Gasteiger partial charge in [-0.3, -0.25) is 14.9 Å². The standard InChI is InChI=1S/C22H22N6O2/c1-13(14-5-3-2-4-6-14)23-18-12-20(24-16-7-8-16)28-19(25-18)11-17(27-28)9-15-10-21(29)26-22(15)30/h2-6,9,11-13,16,24H,7-8,10H2,1H3,(H,23,25)(H,26,29,30)/t13-/m1/s1. The number of hydrogen-bond acceptors (Lipinski definition) is 6. The van der Waals surface area contributed by atoms with Crippen molar-refractivity contribution in [2.24, 2.45) is 0 Å². The van der Waals surface area contributed by atoms with E-state index in [1.807, 2.05) is 30.3 Å². The van der Waals surface area contributed by atoms with Crippen molar-refractivity contribution in [3.05, 3.63) is 59.3 Å². The highest BCUT2D eigenvalue weighted by atomic mass is 16.2. The number of benzene rings is 1. The van der Waals surface area contributed by atoms with Gasteiger partial charge in [0.2, 0.25) is 5.91 Å². The van der Waals surface area contributed by atoms with Crippen LogP contribution in [-0.4, -0.2) is 32.5 Å². The highest BCUT2D eigenvalue weighted by Crippen LogP contribution is 2.28. The van der Waals surface area contributed by atoms with E-state index in [0.29, 0.717) is 23.0 Å². The molecule has 1 saturated heterocycles. The van der Waals surface area contributed by atoms with Gasteiger partial charge in [-0.2, -0.15) is 9.61 Å². The second kappa shape index (κ2) is 7.29. The lowest BCUT2D eigenvalue weighted by molar-refractivity contribution is -0.124. The fraction of sp³-hybridized carbons (Fsp3) is 0.273. The van der Waals surface area contributed by atoms with Crippen molar-refractivity contribution < 1.29 is 9.59 Å². The molecule has 1 aliphatic heterocycles. The van der Waals surface area contributed by atoms with Crippen molar-refractivity contribution >= 4 is 35.2 Å². The maximum absolute atomic E-state index is 11.9. The Bertz CT molecular complexity index is 1160. The molecule has 152 valence electrons. The molecule has 2 aromatic heterocycles. The molecule has 2 aliphatic rings. The summed E-state index contributed by atoms with van der Waals surface area (Å²) in [6.07, 6.45) is 3.99. The van der Waals surface area contributed by atoms with Gasteiger partial charge in [0.15, 0.2) is 5.65 Å². The first-order valence-corrected chi connectivity index (χ1v) is 10.1. The molecule has 3 N–H and O–H groups in total. The van der Waals surface area contributed by atoms with Gasteiger partial charge in [-0.25, -0.2) is 4.98 Å². The summed E-state index contributed by atoms with van der Waals surface area (Å²) in [5.41, 5.74) is 2.84. The first-order valence-electron chi connectivity index (χ1n) is 10.1. The zero-order chi connectivity index (χ0) is 20.7. The lowest BCUT2D eigenvalue weighted by Crippen LogP contribution is -2.19. The van der Waals surface area contributed by atoms with Crippen LogP contribution in [0.3, 0.4) is 0 Å². The number of aromatic nitrogens is 3. The number of fused-ring (bicyclic) bond motifs is 1. The third kappa shape index (κ3) is 3.76. The molecular weight excluding hydrogens is 380 g/mol. The minimum Gasteiger partial charge on any atom is -0.367 e. The number of hydrogen-bond donors (Lipinski definition) is 3. The van der Waals surface area contributed by atoms with Gasteiger partial charge in [-0.1, -0.05) is 30.3 Å². The molecule has 0 unspecified atom stereocenters. The topological polar surface area (TPSA) is 100 Å². The largest absolute Gasteiger partial charge is 0.367 e. The second-order valence-corrected chi connectivity index (χ2v) is 7.78. The summed E-state index contributed by atoms with van der Waals surface area (Å²) < 4.78 is 1.75. The Kier molecular flexibility index (Phi) is 4.46. The predicted octanol–water partition coefficient (Wildman–Crippen LogP) is 2.91. The summed E-state index contributed by atoms with van der Waals surface area (Å²) in [6, 6.07) is 14.5. The molecule has 30 heavy (non-hydrogen) atoms. The first kappa shape index (κ1) is 18.4. The Hall–Kier alpha value is -3.68. The van der Waals surface area contributed by atoms with Crippen molar-refractivity contribution in [3.63, 3.8) is 0 Å². The van der Waals surface area contributed by atoms with Gasteiger partial charge in [-0.15, -0.1) is 0 Å². The van der Waals surface area contributed by atoms with Gasteiger partial charge in [0.1, 0.15) is 11.6 Å². The summed E-state index contributed by atoms with van der Waals surface area (Å²) in [7, 11) is 0. The smallest absolute Gasteiger partial charge is 0.254 e. The van der Waals surface area contributed by atoms with Crippen LogP contribution >= 0.6 is 0 Å². The second-order valence-electron chi connectivity index (χ2n) is 7.78. The van der Waals surface area contributed by atoms with E-state index in [0.717, 1.165) is 24.5 Å². The zero-order valence-electron chi connectivity index (χ0n) is 16.6. The molecule has 8 nitrogen and oxygen atoms in total. The molecule has 1 saturated carbocycles. The van der Waals surface area contributed by atoms with E-state index in [2.05, 4.69) is 40.1 Å². The third-order valence-electron chi connectivity index (χ3n) is 5.26. The predicted molar refractivity (Wildman–Crippen MR) is 114 cm³/mol. The zero-order valence-corrected chi connectivity index (χ0v) is 16.6. The number of nitrogens with zero attached hydrogens (tertiary/aromatic N) is 3. The molecule has 8 heteroatoms. The van der Waals surface area contributed by atoms with Gasteiger partial charge in [0, 0.05) is 29.8 Å². The molecule has 0 bridgehead atoms. The van der Waals surface area contributed by atoms with Gasteiger partial charge >= 0.3 is 0 Å². The fourth-order valence-corrected chi connectivity index (χ4v) is 3.52. The minimum atomic E-state index is -0.361. The number of rotatable bonds is 6. The average Bonchev–Trinajstić information content (AvgIpc) is 3.36. The highest BCUT2D eigenvalue weighted by molar-refractivity contribution is 6.15. The van der Waals surface area contributed by atoms with E-state index in [9.17, 15) is 9.59 Å². The van der Waals surface area contributed by atoms with Crippen LogP contribution in [0.5, 0.6) is 0 Å². The van der Waals surface area contributed by atoms with E-state index in [4.69, 9.17) is 4.98 Å². The first-order chi connectivity index (χ1) is 14.5. The van der Waals surface area contributed by atoms with Crippen molar-refractivity contribution in [1.29, 1.82) is 0 Å². The van der Waals surface area contributed by atoms with Crippen molar-refractivity contribution in [3.8, 4) is 0 Å². The molecule has 2 fully saturated rings. The lowest BCUT2D eigenvalue weighted by atomic mass is 10.1. The van der Waals surface area contributed by atoms with E-state index in [1.54, 1.807) is 10.6 Å². The van der Waals surface area contributed by atoms with E-state index in [-0.39, 0.29) is 24.3 Å². The van der Waals surface area contributed by atoms with Crippen molar-refractivity contribution in [1.82, 2.24) is 19.9 Å². The Morgan fingerprint density at radius 1 is 1.20 bits per heavy atom. The molecular formula is C22H22N6O2. The summed E-state index contributed by atoms with van der Waals surface area (Å²) in [5.74, 6) is 0.947. The normalized spacial score (nSPS) is 18.6. The number of amides is 2. The van der Waals surface area contributed by atoms with Gasteiger partial charge in [0.05, 0.1) is 12.1 Å². The van der Waals surface area contributed by atoms with Crippen molar-refractivity contribution in [2.45, 2.75) is 38.3 Å². The average molecular weight is 402 g/mol. The monoisotopic (exact) mass is 402 g/mol. The van der Waals surface area contributed by atoms with Crippen LogP contribution in [0.25, 0.3) is 11.7 Å². The SMILES string of the molecule is C[C@@H](Nc1cc(NC2CC2)n2nc(C=C3CC(=O)NC3=O)cc2n1)c1ccccc1. The number of nitrogens with one attached hydrogen (secondary N) is 3. The van der Waals surface area contributed by atoms with E-state index >= 15 is 0 Å². The van der Waals surface area contributed by atoms with E-state index in [1.165, 1.54) is 5.56 Å². The molecule has 3 heterocycles. The molecule has 2 amide bonds. The molecule has 3 aromatic rings. The lowest BCUT2D eigenvalue weighted by Gasteiger charge is -2.16. The maximum atomic E-state index is 11.9. The summed E-state index contributed by atoms with van der Waals surface area (Å²) in [5, 5.41) is 13.8. The maximum Gasteiger partial charge on any atom is 0.254 e. The molecule has 1 aliphatic carbocycles. The van der Waals surface area contributed by atoms with Crippen LogP contribution in [0.15, 0.2) is 48.0 Å². The van der Waals surface area contributed by atoms with Gasteiger partial charge in [0.25, 0.3) is 5.91 Å². The number of imide groups is 1. The molecule has 1 atom stereocenters. The Balaban J connectivity index is 1.49. The Morgan fingerprint density at radius 2 is 2.00 bits per heavy atom. The molecule has 5 rings (SSSR count). The quantitative estimate of drug-likeness (QED) is 0.433. The Morgan fingerprint density at radius 3 is 2.70 bits per heavy atom. The van der Waals surface area contributed by atoms with Gasteiger partial charge in [-0.05, 0) is 31.4 Å². The summed E-state index contributed by atoms with van der Waals surface area (Å²) in [6.45, 7) is 2.09. The third-order valence-corrected chi connectivity index (χ3v) is 5.26. The van der Waals surface area contributed by atoms with E-state index < -0.39 is 0 Å². The molecule has 1 aromatic carbocycles. The fourth-order valence-electron chi connectivity index (χ4n) is 3.52. The summed E-state index contributed by atoms with van der Waals surface area (Å²) >= 11 is 0. The van der Waals surface area contributed by atoms with Crippen LogP contribution in [0, 0.1) is 0 Å². The minimum absolute atomic E-state index is 0.0781. The Labute approximate surface area is 173 Å².